The number of nitrogens with zero attached hydrogens (tertiary/aromatic N) is 1. The van der Waals surface area contributed by atoms with E-state index in [0.717, 1.165) is 4.70 Å². The first-order chi connectivity index (χ1) is 10.0. The zero-order chi connectivity index (χ0) is 15.0. The Labute approximate surface area is 123 Å². The lowest BCUT2D eigenvalue weighted by atomic mass is 10.2. The second-order valence-electron chi connectivity index (χ2n) is 4.60. The van der Waals surface area contributed by atoms with Crippen LogP contribution in [0.15, 0.2) is 28.8 Å². The number of benzene rings is 1. The molecule has 7 heteroatoms. The Bertz CT molecular complexity index is 825. The number of nitrogens with one attached hydrogen (secondary N) is 1. The highest BCUT2D eigenvalue weighted by Gasteiger charge is 2.17. The summed E-state index contributed by atoms with van der Waals surface area (Å²) in [4.78, 5) is 12.5. The van der Waals surface area contributed by atoms with E-state index in [-0.39, 0.29) is 18.3 Å². The summed E-state index contributed by atoms with van der Waals surface area (Å²) < 4.78 is 18.9. The van der Waals surface area contributed by atoms with Gasteiger partial charge >= 0.3 is 0 Å². The molecule has 3 aromatic rings. The van der Waals surface area contributed by atoms with E-state index >= 15 is 0 Å². The molecular formula is C14H12FN3O2S. The van der Waals surface area contributed by atoms with Crippen molar-refractivity contribution in [3.8, 4) is 0 Å². The maximum atomic E-state index is 13.2. The molecule has 0 unspecified atom stereocenters. The number of aryl methyl sites for hydroxylation is 1. The van der Waals surface area contributed by atoms with E-state index in [9.17, 15) is 9.18 Å². The fraction of sp³-hybridized carbons (Fsp3) is 0.143. The summed E-state index contributed by atoms with van der Waals surface area (Å²) in [5.74, 6) is -0.0112. The summed E-state index contributed by atoms with van der Waals surface area (Å²) in [5, 5.41) is 7.07. The number of carbonyl (C=O) groups excluding carboxylic acids is 1. The van der Waals surface area contributed by atoms with Crippen LogP contribution in [0, 0.1) is 12.7 Å². The SMILES string of the molecule is Cc1cc(CNC(=O)c2sc3ccc(F)cc3c2N)no1. The predicted octanol–water partition coefficient (Wildman–Crippen LogP) is 2.85. The average molecular weight is 305 g/mol. The lowest BCUT2D eigenvalue weighted by molar-refractivity contribution is 0.0955. The van der Waals surface area contributed by atoms with Crippen LogP contribution >= 0.6 is 11.3 Å². The highest BCUT2D eigenvalue weighted by atomic mass is 32.1. The molecule has 0 spiro atoms. The fourth-order valence-corrected chi connectivity index (χ4v) is 3.03. The molecule has 0 fully saturated rings. The molecular weight excluding hydrogens is 293 g/mol. The summed E-state index contributed by atoms with van der Waals surface area (Å²) in [5.41, 5.74) is 6.86. The minimum atomic E-state index is -0.378. The van der Waals surface area contributed by atoms with Gasteiger partial charge in [-0.05, 0) is 25.1 Å². The molecule has 0 saturated carbocycles. The highest BCUT2D eigenvalue weighted by molar-refractivity contribution is 7.21. The van der Waals surface area contributed by atoms with E-state index in [1.54, 1.807) is 19.1 Å². The van der Waals surface area contributed by atoms with Gasteiger partial charge in [-0.1, -0.05) is 5.16 Å². The lowest BCUT2D eigenvalue weighted by Crippen LogP contribution is -2.22. The van der Waals surface area contributed by atoms with Crippen molar-refractivity contribution in [2.24, 2.45) is 0 Å². The van der Waals surface area contributed by atoms with Crippen molar-refractivity contribution >= 4 is 33.0 Å². The van der Waals surface area contributed by atoms with E-state index in [4.69, 9.17) is 10.3 Å². The molecule has 0 aliphatic rings. The third-order valence-electron chi connectivity index (χ3n) is 3.00. The average Bonchev–Trinajstić information content (AvgIpc) is 3.01. The molecule has 3 N–H and O–H groups in total. The number of fused-ring (bicyclic) bond motifs is 1. The van der Waals surface area contributed by atoms with Gasteiger partial charge in [-0.3, -0.25) is 4.79 Å². The van der Waals surface area contributed by atoms with E-state index in [0.29, 0.717) is 27.4 Å². The Morgan fingerprint density at radius 3 is 3.00 bits per heavy atom. The molecule has 21 heavy (non-hydrogen) atoms. The molecule has 0 aliphatic heterocycles. The zero-order valence-electron chi connectivity index (χ0n) is 11.1. The monoisotopic (exact) mass is 305 g/mol. The molecule has 2 aromatic heterocycles. The van der Waals surface area contributed by atoms with E-state index < -0.39 is 0 Å². The van der Waals surface area contributed by atoms with Crippen molar-refractivity contribution in [3.63, 3.8) is 0 Å². The Kier molecular flexibility index (Phi) is 3.34. The quantitative estimate of drug-likeness (QED) is 0.779. The second kappa shape index (κ2) is 5.17. The van der Waals surface area contributed by atoms with Crippen molar-refractivity contribution in [2.45, 2.75) is 13.5 Å². The number of amides is 1. The van der Waals surface area contributed by atoms with E-state index in [2.05, 4.69) is 10.5 Å². The number of halogens is 1. The van der Waals surface area contributed by atoms with Gasteiger partial charge in [0.1, 0.15) is 22.1 Å². The standard InChI is InChI=1S/C14H12FN3O2S/c1-7-4-9(18-20-7)6-17-14(19)13-12(16)10-5-8(15)2-3-11(10)21-13/h2-5H,6,16H2,1H3,(H,17,19). The molecule has 1 amide bonds. The topological polar surface area (TPSA) is 81.2 Å². The maximum Gasteiger partial charge on any atom is 0.263 e. The number of hydrogen-bond acceptors (Lipinski definition) is 5. The summed E-state index contributed by atoms with van der Waals surface area (Å²) >= 11 is 1.23. The molecule has 2 heterocycles. The number of hydrogen-bond donors (Lipinski definition) is 2. The summed E-state index contributed by atoms with van der Waals surface area (Å²) in [7, 11) is 0. The van der Waals surface area contributed by atoms with Crippen molar-refractivity contribution in [1.82, 2.24) is 10.5 Å². The van der Waals surface area contributed by atoms with Gasteiger partial charge in [0.25, 0.3) is 5.91 Å². The molecule has 0 aliphatic carbocycles. The van der Waals surface area contributed by atoms with Crippen LogP contribution in [0.25, 0.3) is 10.1 Å². The van der Waals surface area contributed by atoms with Crippen LogP contribution in [0.5, 0.6) is 0 Å². The number of rotatable bonds is 3. The fourth-order valence-electron chi connectivity index (χ4n) is 2.01. The molecule has 108 valence electrons. The highest BCUT2D eigenvalue weighted by Crippen LogP contribution is 2.33. The van der Waals surface area contributed by atoms with Gasteiger partial charge in [-0.25, -0.2) is 4.39 Å². The zero-order valence-corrected chi connectivity index (χ0v) is 12.0. The van der Waals surface area contributed by atoms with Gasteiger partial charge in [0, 0.05) is 16.2 Å². The molecule has 0 bridgehead atoms. The predicted molar refractivity (Wildman–Crippen MR) is 78.6 cm³/mol. The Morgan fingerprint density at radius 1 is 1.48 bits per heavy atom. The van der Waals surface area contributed by atoms with Gasteiger partial charge in [-0.15, -0.1) is 11.3 Å². The van der Waals surface area contributed by atoms with Crippen molar-refractivity contribution in [2.75, 3.05) is 5.73 Å². The van der Waals surface area contributed by atoms with Crippen LogP contribution in [-0.4, -0.2) is 11.1 Å². The number of anilines is 1. The number of carbonyl (C=O) groups is 1. The largest absolute Gasteiger partial charge is 0.397 e. The van der Waals surface area contributed by atoms with Crippen molar-refractivity contribution in [1.29, 1.82) is 0 Å². The molecule has 5 nitrogen and oxygen atoms in total. The summed E-state index contributed by atoms with van der Waals surface area (Å²) in [6.45, 7) is 2.02. The minimum Gasteiger partial charge on any atom is -0.397 e. The van der Waals surface area contributed by atoms with Crippen LogP contribution in [0.4, 0.5) is 10.1 Å². The molecule has 3 rings (SSSR count). The molecule has 0 radical (unpaired) electrons. The van der Waals surface area contributed by atoms with Gasteiger partial charge in [-0.2, -0.15) is 0 Å². The van der Waals surface area contributed by atoms with Crippen LogP contribution in [0.1, 0.15) is 21.1 Å². The minimum absolute atomic E-state index is 0.248. The first-order valence-electron chi connectivity index (χ1n) is 6.22. The number of thiophene rings is 1. The van der Waals surface area contributed by atoms with Crippen molar-refractivity contribution in [3.05, 3.63) is 46.4 Å². The lowest BCUT2D eigenvalue weighted by Gasteiger charge is -2.01. The number of nitrogen functional groups attached to an aromatic ring is 1. The van der Waals surface area contributed by atoms with E-state index in [1.165, 1.54) is 23.5 Å². The summed E-state index contributed by atoms with van der Waals surface area (Å²) in [6, 6.07) is 6.03. The molecule has 0 atom stereocenters. The van der Waals surface area contributed by atoms with Crippen LogP contribution in [0.3, 0.4) is 0 Å². The van der Waals surface area contributed by atoms with Crippen LogP contribution in [-0.2, 0) is 6.54 Å². The smallest absolute Gasteiger partial charge is 0.263 e. The van der Waals surface area contributed by atoms with E-state index in [1.807, 2.05) is 0 Å². The maximum absolute atomic E-state index is 13.2. The Balaban J connectivity index is 1.82. The van der Waals surface area contributed by atoms with Crippen LogP contribution < -0.4 is 11.1 Å². The first kappa shape index (κ1) is 13.6. The third-order valence-corrected chi connectivity index (χ3v) is 4.19. The van der Waals surface area contributed by atoms with Gasteiger partial charge in [0.15, 0.2) is 0 Å². The van der Waals surface area contributed by atoms with Crippen molar-refractivity contribution < 1.29 is 13.7 Å². The van der Waals surface area contributed by atoms with Crippen LogP contribution in [0.2, 0.25) is 0 Å². The molecule has 0 saturated heterocycles. The first-order valence-corrected chi connectivity index (χ1v) is 7.04. The second-order valence-corrected chi connectivity index (χ2v) is 5.65. The Hall–Kier alpha value is -2.41. The number of aromatic nitrogens is 1. The third kappa shape index (κ3) is 2.59. The Morgan fingerprint density at radius 2 is 2.29 bits per heavy atom. The molecule has 1 aromatic carbocycles. The van der Waals surface area contributed by atoms with Gasteiger partial charge in [0.2, 0.25) is 0 Å². The van der Waals surface area contributed by atoms with Gasteiger partial charge in [0.05, 0.1) is 12.2 Å². The van der Waals surface area contributed by atoms with Gasteiger partial charge < -0.3 is 15.6 Å². The normalized spacial score (nSPS) is 11.0. The number of nitrogens with two attached hydrogens (primary N) is 1. The summed E-state index contributed by atoms with van der Waals surface area (Å²) in [6.07, 6.45) is 0.